The van der Waals surface area contributed by atoms with Crippen molar-refractivity contribution in [2.24, 2.45) is 0 Å². The molecule has 1 amide bonds. The number of nitrogens with zero attached hydrogens (tertiary/aromatic N) is 4. The van der Waals surface area contributed by atoms with E-state index < -0.39 is 0 Å². The molecule has 0 saturated heterocycles. The molecule has 164 valence electrons. The van der Waals surface area contributed by atoms with Gasteiger partial charge in [0.15, 0.2) is 19.2 Å². The highest BCUT2D eigenvalue weighted by Gasteiger charge is 2.12. The Morgan fingerprint density at radius 3 is 2.59 bits per heavy atom. The summed E-state index contributed by atoms with van der Waals surface area (Å²) in [6.45, 7) is 4.32. The van der Waals surface area contributed by atoms with E-state index in [9.17, 15) is 9.18 Å². The summed E-state index contributed by atoms with van der Waals surface area (Å²) < 4.78 is 27.3. The minimum atomic E-state index is -0.375. The van der Waals surface area contributed by atoms with E-state index in [-0.39, 0.29) is 30.9 Å². The predicted octanol–water partition coefficient (Wildman–Crippen LogP) is 4.16. The van der Waals surface area contributed by atoms with Crippen LogP contribution in [0.2, 0.25) is 0 Å². The molecule has 0 bridgehead atoms. The third-order valence-corrected chi connectivity index (χ3v) is 4.62. The minimum absolute atomic E-state index is 0.0899. The number of halogens is 1. The van der Waals surface area contributed by atoms with Crippen LogP contribution in [-0.2, 0) is 13.5 Å². The second kappa shape index (κ2) is 9.34. The van der Waals surface area contributed by atoms with Crippen LogP contribution in [0.25, 0.3) is 0 Å². The lowest BCUT2D eigenvalue weighted by Gasteiger charge is -2.09. The third-order valence-electron chi connectivity index (χ3n) is 4.62. The van der Waals surface area contributed by atoms with Gasteiger partial charge in [-0.05, 0) is 55.8 Å². The molecule has 2 heterocycles. The number of aromatic nitrogens is 4. The van der Waals surface area contributed by atoms with Crippen molar-refractivity contribution >= 4 is 11.6 Å². The van der Waals surface area contributed by atoms with E-state index in [0.717, 1.165) is 11.3 Å². The SMILES string of the molecule is Cc1ccc(OCn2cc(NC(=O)c3ccn(COc4ccc(F)cc4)n3)cn2)c(C)c1. The Morgan fingerprint density at radius 1 is 1.03 bits per heavy atom. The largest absolute Gasteiger partial charge is 0.471 e. The van der Waals surface area contributed by atoms with Crippen LogP contribution in [0.4, 0.5) is 10.1 Å². The maximum Gasteiger partial charge on any atom is 0.276 e. The van der Waals surface area contributed by atoms with Gasteiger partial charge in [0.1, 0.15) is 17.3 Å². The number of amides is 1. The summed E-state index contributed by atoms with van der Waals surface area (Å²) in [5.41, 5.74) is 2.97. The van der Waals surface area contributed by atoms with Crippen molar-refractivity contribution in [2.45, 2.75) is 27.3 Å². The standard InChI is InChI=1S/C23H22FN5O3/c1-16-3-8-22(17(2)11-16)32-15-29-13-19(12-25-29)26-23(30)21-9-10-28(27-21)14-31-20-6-4-18(24)5-7-20/h3-13H,14-15H2,1-2H3,(H,26,30). The van der Waals surface area contributed by atoms with Gasteiger partial charge in [-0.3, -0.25) is 4.79 Å². The summed E-state index contributed by atoms with van der Waals surface area (Å²) >= 11 is 0. The number of aryl methyl sites for hydroxylation is 2. The number of carbonyl (C=O) groups excluding carboxylic acids is 1. The van der Waals surface area contributed by atoms with Crippen LogP contribution in [0.1, 0.15) is 21.6 Å². The summed E-state index contributed by atoms with van der Waals surface area (Å²) in [5, 5.41) is 11.1. The molecule has 9 heteroatoms. The highest BCUT2D eigenvalue weighted by atomic mass is 19.1. The lowest BCUT2D eigenvalue weighted by molar-refractivity contribution is 0.102. The molecule has 0 spiro atoms. The van der Waals surface area contributed by atoms with E-state index in [0.29, 0.717) is 11.4 Å². The highest BCUT2D eigenvalue weighted by Crippen LogP contribution is 2.19. The van der Waals surface area contributed by atoms with E-state index >= 15 is 0 Å². The Bertz CT molecular complexity index is 1220. The highest BCUT2D eigenvalue weighted by molar-refractivity contribution is 6.02. The lowest BCUT2D eigenvalue weighted by Crippen LogP contribution is -2.14. The van der Waals surface area contributed by atoms with Crippen LogP contribution in [-0.4, -0.2) is 25.5 Å². The van der Waals surface area contributed by atoms with Crippen molar-refractivity contribution < 1.29 is 18.7 Å². The van der Waals surface area contributed by atoms with Crippen molar-refractivity contribution in [1.82, 2.24) is 19.6 Å². The number of anilines is 1. The van der Waals surface area contributed by atoms with Crippen LogP contribution >= 0.6 is 0 Å². The number of ether oxygens (including phenoxy) is 2. The normalized spacial score (nSPS) is 10.7. The molecule has 32 heavy (non-hydrogen) atoms. The molecule has 0 unspecified atom stereocenters. The zero-order valence-corrected chi connectivity index (χ0v) is 17.7. The van der Waals surface area contributed by atoms with Gasteiger partial charge in [0.05, 0.1) is 18.1 Å². The van der Waals surface area contributed by atoms with Crippen LogP contribution < -0.4 is 14.8 Å². The molecule has 8 nitrogen and oxygen atoms in total. The van der Waals surface area contributed by atoms with Crippen molar-refractivity contribution in [3.05, 3.63) is 89.8 Å². The third kappa shape index (κ3) is 5.31. The van der Waals surface area contributed by atoms with Crippen molar-refractivity contribution in [2.75, 3.05) is 5.32 Å². The van der Waals surface area contributed by atoms with E-state index in [2.05, 4.69) is 15.5 Å². The molecule has 1 N–H and O–H groups in total. The Hall–Kier alpha value is -4.14. The minimum Gasteiger partial charge on any atom is -0.471 e. The van der Waals surface area contributed by atoms with Gasteiger partial charge in [-0.15, -0.1) is 0 Å². The van der Waals surface area contributed by atoms with Gasteiger partial charge in [0.2, 0.25) is 0 Å². The quantitative estimate of drug-likeness (QED) is 0.449. The molecule has 0 aliphatic rings. The first-order valence-electron chi connectivity index (χ1n) is 9.92. The molecular weight excluding hydrogens is 413 g/mol. The zero-order chi connectivity index (χ0) is 22.5. The molecule has 2 aromatic heterocycles. The average molecular weight is 435 g/mol. The van der Waals surface area contributed by atoms with E-state index in [1.807, 2.05) is 32.0 Å². The number of carbonyl (C=O) groups is 1. The lowest BCUT2D eigenvalue weighted by atomic mass is 10.1. The monoisotopic (exact) mass is 435 g/mol. The van der Waals surface area contributed by atoms with Gasteiger partial charge in [0, 0.05) is 6.20 Å². The number of nitrogens with one attached hydrogen (secondary N) is 1. The summed E-state index contributed by atoms with van der Waals surface area (Å²) in [4.78, 5) is 12.5. The summed E-state index contributed by atoms with van der Waals surface area (Å²) in [6.07, 6.45) is 4.84. The van der Waals surface area contributed by atoms with Crippen LogP contribution in [0.15, 0.2) is 67.1 Å². The van der Waals surface area contributed by atoms with Crippen molar-refractivity contribution in [1.29, 1.82) is 0 Å². The van der Waals surface area contributed by atoms with Crippen LogP contribution in [0.3, 0.4) is 0 Å². The molecule has 0 saturated carbocycles. The average Bonchev–Trinajstić information content (AvgIpc) is 3.42. The molecule has 0 radical (unpaired) electrons. The molecule has 4 rings (SSSR count). The summed E-state index contributed by atoms with van der Waals surface area (Å²) in [6, 6.07) is 13.2. The molecule has 0 aliphatic heterocycles. The maximum absolute atomic E-state index is 12.9. The summed E-state index contributed by atoms with van der Waals surface area (Å²) in [5.74, 6) is 0.573. The zero-order valence-electron chi connectivity index (χ0n) is 17.7. The van der Waals surface area contributed by atoms with Crippen LogP contribution in [0, 0.1) is 19.7 Å². The van der Waals surface area contributed by atoms with E-state index in [4.69, 9.17) is 9.47 Å². The molecule has 0 fully saturated rings. The molecular formula is C23H22FN5O3. The fraction of sp³-hybridized carbons (Fsp3) is 0.174. The Kier molecular flexibility index (Phi) is 6.16. The van der Waals surface area contributed by atoms with Crippen molar-refractivity contribution in [3.63, 3.8) is 0 Å². The first-order chi connectivity index (χ1) is 15.5. The molecule has 2 aromatic carbocycles. The molecule has 4 aromatic rings. The topological polar surface area (TPSA) is 83.2 Å². The number of rotatable bonds is 8. The predicted molar refractivity (Wildman–Crippen MR) is 116 cm³/mol. The van der Waals surface area contributed by atoms with Crippen molar-refractivity contribution in [3.8, 4) is 11.5 Å². The molecule has 0 atom stereocenters. The maximum atomic E-state index is 12.9. The smallest absolute Gasteiger partial charge is 0.276 e. The van der Waals surface area contributed by atoms with Gasteiger partial charge in [-0.25, -0.2) is 13.8 Å². The molecule has 0 aliphatic carbocycles. The number of hydrogen-bond acceptors (Lipinski definition) is 5. The van der Waals surface area contributed by atoms with Gasteiger partial charge >= 0.3 is 0 Å². The van der Waals surface area contributed by atoms with Gasteiger partial charge in [-0.1, -0.05) is 17.7 Å². The van der Waals surface area contributed by atoms with E-state index in [1.165, 1.54) is 40.7 Å². The van der Waals surface area contributed by atoms with Crippen LogP contribution in [0.5, 0.6) is 11.5 Å². The second-order valence-corrected chi connectivity index (χ2v) is 7.23. The van der Waals surface area contributed by atoms with Gasteiger partial charge in [0.25, 0.3) is 5.91 Å². The number of hydrogen-bond donors (Lipinski definition) is 1. The Morgan fingerprint density at radius 2 is 1.81 bits per heavy atom. The van der Waals surface area contributed by atoms with E-state index in [1.54, 1.807) is 23.1 Å². The fourth-order valence-corrected chi connectivity index (χ4v) is 3.02. The first kappa shape index (κ1) is 21.1. The van der Waals surface area contributed by atoms with Gasteiger partial charge < -0.3 is 14.8 Å². The Labute approximate surface area is 184 Å². The second-order valence-electron chi connectivity index (χ2n) is 7.23. The fourth-order valence-electron chi connectivity index (χ4n) is 3.02. The van der Waals surface area contributed by atoms with Gasteiger partial charge in [-0.2, -0.15) is 10.2 Å². The Balaban J connectivity index is 1.29. The summed E-state index contributed by atoms with van der Waals surface area (Å²) in [7, 11) is 0. The number of benzene rings is 2. The first-order valence-corrected chi connectivity index (χ1v) is 9.92.